The van der Waals surface area contributed by atoms with Gasteiger partial charge in [0.05, 0.1) is 0 Å². The van der Waals surface area contributed by atoms with Gasteiger partial charge in [-0.2, -0.15) is 0 Å². The van der Waals surface area contributed by atoms with Crippen LogP contribution in [0.3, 0.4) is 0 Å². The van der Waals surface area contributed by atoms with E-state index in [1.165, 1.54) is 4.57 Å². The van der Waals surface area contributed by atoms with Gasteiger partial charge in [0.2, 0.25) is 11.8 Å². The Balaban J connectivity index is 1.42. The van der Waals surface area contributed by atoms with Gasteiger partial charge in [0.1, 0.15) is 6.54 Å². The third-order valence-corrected chi connectivity index (χ3v) is 5.81. The standard InChI is InChI=1S/C21H25N3O3/c25-19(15-24-12-9-16-5-1-2-8-18(16)21(24)27)22-10-4-11-23(14-13-22)20(26)17-6-3-7-17/h1-2,5,8-9,12,17H,3-4,6-7,10-11,13-15H2. The number of aromatic nitrogens is 1. The monoisotopic (exact) mass is 367 g/mol. The van der Waals surface area contributed by atoms with Crippen LogP contribution in [0.1, 0.15) is 25.7 Å². The van der Waals surface area contributed by atoms with Crippen molar-refractivity contribution in [2.75, 3.05) is 26.2 Å². The van der Waals surface area contributed by atoms with E-state index in [4.69, 9.17) is 0 Å². The first kappa shape index (κ1) is 17.8. The Morgan fingerprint density at radius 2 is 1.67 bits per heavy atom. The fraction of sp³-hybridized carbons (Fsp3) is 0.476. The molecule has 4 rings (SSSR count). The Labute approximate surface area is 158 Å². The second-order valence-electron chi connectivity index (χ2n) is 7.52. The Kier molecular flexibility index (Phi) is 4.97. The molecule has 2 heterocycles. The van der Waals surface area contributed by atoms with Gasteiger partial charge in [0, 0.05) is 43.7 Å². The zero-order chi connectivity index (χ0) is 18.8. The molecule has 1 saturated heterocycles. The second-order valence-corrected chi connectivity index (χ2v) is 7.52. The number of hydrogen-bond acceptors (Lipinski definition) is 3. The van der Waals surface area contributed by atoms with Crippen LogP contribution in [0.15, 0.2) is 41.3 Å². The van der Waals surface area contributed by atoms with Gasteiger partial charge in [0.15, 0.2) is 0 Å². The quantitative estimate of drug-likeness (QED) is 0.832. The molecule has 6 nitrogen and oxygen atoms in total. The Hall–Kier alpha value is -2.63. The summed E-state index contributed by atoms with van der Waals surface area (Å²) >= 11 is 0. The summed E-state index contributed by atoms with van der Waals surface area (Å²) in [7, 11) is 0. The molecule has 2 aromatic rings. The molecule has 2 fully saturated rings. The van der Waals surface area contributed by atoms with Crippen molar-refractivity contribution in [3.05, 3.63) is 46.9 Å². The lowest BCUT2D eigenvalue weighted by Gasteiger charge is -2.31. The lowest BCUT2D eigenvalue weighted by atomic mass is 9.84. The molecule has 0 bridgehead atoms. The number of amides is 2. The van der Waals surface area contributed by atoms with Crippen molar-refractivity contribution in [2.24, 2.45) is 5.92 Å². The maximum atomic E-state index is 12.7. The van der Waals surface area contributed by atoms with Gasteiger partial charge in [-0.15, -0.1) is 0 Å². The van der Waals surface area contributed by atoms with Crippen LogP contribution in [0, 0.1) is 5.92 Å². The van der Waals surface area contributed by atoms with E-state index in [2.05, 4.69) is 0 Å². The summed E-state index contributed by atoms with van der Waals surface area (Å²) in [4.78, 5) is 41.5. The molecule has 1 aromatic heterocycles. The number of hydrogen-bond donors (Lipinski definition) is 0. The predicted molar refractivity (Wildman–Crippen MR) is 103 cm³/mol. The van der Waals surface area contributed by atoms with Crippen molar-refractivity contribution < 1.29 is 9.59 Å². The molecule has 2 amide bonds. The van der Waals surface area contributed by atoms with E-state index in [9.17, 15) is 14.4 Å². The molecule has 0 N–H and O–H groups in total. The minimum atomic E-state index is -0.141. The number of rotatable bonds is 3. The van der Waals surface area contributed by atoms with Gasteiger partial charge >= 0.3 is 0 Å². The summed E-state index contributed by atoms with van der Waals surface area (Å²) in [5, 5.41) is 1.51. The van der Waals surface area contributed by atoms with E-state index < -0.39 is 0 Å². The van der Waals surface area contributed by atoms with E-state index in [1.807, 2.05) is 29.2 Å². The summed E-state index contributed by atoms with van der Waals surface area (Å²) in [6.07, 6.45) is 5.63. The normalized spacial score (nSPS) is 18.2. The van der Waals surface area contributed by atoms with Crippen LogP contribution in [0.4, 0.5) is 0 Å². The molecular formula is C21H25N3O3. The van der Waals surface area contributed by atoms with E-state index >= 15 is 0 Å². The van der Waals surface area contributed by atoms with Crippen molar-refractivity contribution in [2.45, 2.75) is 32.2 Å². The molecule has 6 heteroatoms. The third kappa shape index (κ3) is 3.61. The topological polar surface area (TPSA) is 62.6 Å². The summed E-state index contributed by atoms with van der Waals surface area (Å²) in [5.41, 5.74) is -0.141. The highest BCUT2D eigenvalue weighted by atomic mass is 16.2. The van der Waals surface area contributed by atoms with Gasteiger partial charge in [-0.05, 0) is 36.8 Å². The van der Waals surface area contributed by atoms with Gasteiger partial charge < -0.3 is 14.4 Å². The van der Waals surface area contributed by atoms with Crippen LogP contribution in [0.25, 0.3) is 10.8 Å². The number of carbonyl (C=O) groups excluding carboxylic acids is 2. The van der Waals surface area contributed by atoms with Crippen molar-refractivity contribution >= 4 is 22.6 Å². The van der Waals surface area contributed by atoms with Gasteiger partial charge in [-0.1, -0.05) is 24.6 Å². The molecule has 0 radical (unpaired) electrons. The van der Waals surface area contributed by atoms with E-state index in [0.29, 0.717) is 25.0 Å². The van der Waals surface area contributed by atoms with Crippen molar-refractivity contribution in [3.63, 3.8) is 0 Å². The average molecular weight is 367 g/mol. The molecule has 1 aromatic carbocycles. The molecule has 0 spiro atoms. The number of benzene rings is 1. The minimum Gasteiger partial charge on any atom is -0.341 e. The zero-order valence-electron chi connectivity index (χ0n) is 15.5. The highest BCUT2D eigenvalue weighted by molar-refractivity contribution is 5.82. The fourth-order valence-corrected chi connectivity index (χ4v) is 3.90. The number of nitrogens with zero attached hydrogens (tertiary/aromatic N) is 3. The largest absolute Gasteiger partial charge is 0.341 e. The zero-order valence-corrected chi connectivity index (χ0v) is 15.5. The summed E-state index contributed by atoms with van der Waals surface area (Å²) in [6, 6.07) is 9.27. The molecule has 2 aliphatic rings. The van der Waals surface area contributed by atoms with E-state index in [-0.39, 0.29) is 29.8 Å². The third-order valence-electron chi connectivity index (χ3n) is 5.81. The smallest absolute Gasteiger partial charge is 0.258 e. The fourth-order valence-electron chi connectivity index (χ4n) is 3.90. The van der Waals surface area contributed by atoms with Gasteiger partial charge in [0.25, 0.3) is 5.56 Å². The van der Waals surface area contributed by atoms with Crippen LogP contribution in [0.5, 0.6) is 0 Å². The number of carbonyl (C=O) groups is 2. The Morgan fingerprint density at radius 3 is 2.44 bits per heavy atom. The maximum Gasteiger partial charge on any atom is 0.258 e. The highest BCUT2D eigenvalue weighted by Gasteiger charge is 2.30. The second kappa shape index (κ2) is 7.55. The van der Waals surface area contributed by atoms with Gasteiger partial charge in [-0.3, -0.25) is 14.4 Å². The minimum absolute atomic E-state index is 0.0419. The van der Waals surface area contributed by atoms with Crippen LogP contribution in [-0.2, 0) is 16.1 Å². The van der Waals surface area contributed by atoms with Crippen molar-refractivity contribution in [1.82, 2.24) is 14.4 Å². The number of fused-ring (bicyclic) bond motifs is 1. The van der Waals surface area contributed by atoms with E-state index in [1.54, 1.807) is 17.2 Å². The molecular weight excluding hydrogens is 342 g/mol. The number of pyridine rings is 1. The van der Waals surface area contributed by atoms with Crippen LogP contribution < -0.4 is 5.56 Å². The lowest BCUT2D eigenvalue weighted by molar-refractivity contribution is -0.138. The molecule has 1 saturated carbocycles. The van der Waals surface area contributed by atoms with Crippen molar-refractivity contribution in [1.29, 1.82) is 0 Å². The first-order valence-corrected chi connectivity index (χ1v) is 9.78. The molecule has 27 heavy (non-hydrogen) atoms. The first-order chi connectivity index (χ1) is 13.1. The summed E-state index contributed by atoms with van der Waals surface area (Å²) in [5.74, 6) is 0.384. The Morgan fingerprint density at radius 1 is 0.926 bits per heavy atom. The molecule has 0 unspecified atom stereocenters. The molecule has 1 aliphatic heterocycles. The molecule has 0 atom stereocenters. The maximum absolute atomic E-state index is 12.7. The first-order valence-electron chi connectivity index (χ1n) is 9.78. The van der Waals surface area contributed by atoms with Crippen LogP contribution >= 0.6 is 0 Å². The SMILES string of the molecule is O=C(Cn1ccc2ccccc2c1=O)N1CCCN(C(=O)C2CCC2)CC1. The predicted octanol–water partition coefficient (Wildman–Crippen LogP) is 1.86. The summed E-state index contributed by atoms with van der Waals surface area (Å²) < 4.78 is 1.48. The highest BCUT2D eigenvalue weighted by Crippen LogP contribution is 2.28. The van der Waals surface area contributed by atoms with Crippen LogP contribution in [0.2, 0.25) is 0 Å². The lowest BCUT2D eigenvalue weighted by Crippen LogP contribution is -2.42. The molecule has 1 aliphatic carbocycles. The van der Waals surface area contributed by atoms with E-state index in [0.717, 1.165) is 37.6 Å². The average Bonchev–Trinajstić information content (AvgIpc) is 2.89. The van der Waals surface area contributed by atoms with Crippen LogP contribution in [-0.4, -0.2) is 52.4 Å². The summed E-state index contributed by atoms with van der Waals surface area (Å²) in [6.45, 7) is 2.53. The Bertz CT molecular complexity index is 916. The van der Waals surface area contributed by atoms with Crippen molar-refractivity contribution in [3.8, 4) is 0 Å². The van der Waals surface area contributed by atoms with Gasteiger partial charge in [-0.25, -0.2) is 0 Å². The molecule has 142 valence electrons.